The average Bonchev–Trinajstić information content (AvgIpc) is 3.51. The van der Waals surface area contributed by atoms with Crippen LogP contribution in [0, 0.1) is 23.7 Å². The van der Waals surface area contributed by atoms with Crippen LogP contribution in [0.3, 0.4) is 0 Å². The number of imide groups is 1. The van der Waals surface area contributed by atoms with Crippen LogP contribution >= 0.6 is 0 Å². The zero-order valence-corrected chi connectivity index (χ0v) is 19.3. The summed E-state index contributed by atoms with van der Waals surface area (Å²) in [5.41, 5.74) is -4.27. The number of amides is 2. The number of anilines is 1. The Balaban J connectivity index is 1.55. The zero-order valence-electron chi connectivity index (χ0n) is 19.3. The number of benzene rings is 1. The van der Waals surface area contributed by atoms with Crippen molar-refractivity contribution in [2.75, 3.05) is 11.5 Å². The molecule has 14 heteroatoms. The molecule has 0 spiro atoms. The number of hydrogen-bond donors (Lipinski definition) is 3. The van der Waals surface area contributed by atoms with Crippen molar-refractivity contribution >= 4 is 17.5 Å². The fourth-order valence-corrected chi connectivity index (χ4v) is 5.84. The lowest BCUT2D eigenvalue weighted by Gasteiger charge is -2.43. The zero-order chi connectivity index (χ0) is 27.8. The van der Waals surface area contributed by atoms with Crippen LogP contribution in [-0.4, -0.2) is 39.5 Å². The number of carbonyl (C=O) groups excluding carboxylic acids is 2. The first-order valence-corrected chi connectivity index (χ1v) is 11.6. The van der Waals surface area contributed by atoms with Crippen molar-refractivity contribution in [2.45, 2.75) is 43.7 Å². The van der Waals surface area contributed by atoms with Gasteiger partial charge in [0.05, 0.1) is 35.3 Å². The molecule has 0 bridgehead atoms. The number of halogens is 6. The van der Waals surface area contributed by atoms with Gasteiger partial charge >= 0.3 is 12.4 Å². The standard InChI is InChI=1S/C24H21F6NO7/c25-23(26,27)10-3-11(24(28,29)30)5-13(4-10)31-20(34)15-6-12(8-32)22(36)16(19(15)21(31)35)7-18(38-22)17-2-1-14(9-33)37-17/h1-5,12,15-16,18-19,32-33,36H,6-9H2/t12-,15+,16+,18+,19+,22-/m1/s1. The maximum atomic E-state index is 13.5. The van der Waals surface area contributed by atoms with E-state index < -0.39 is 89.8 Å². The summed E-state index contributed by atoms with van der Waals surface area (Å²) in [6.45, 7) is -1.10. The van der Waals surface area contributed by atoms with Gasteiger partial charge in [0, 0.05) is 11.8 Å². The van der Waals surface area contributed by atoms with Gasteiger partial charge in [0.25, 0.3) is 0 Å². The van der Waals surface area contributed by atoms with Crippen molar-refractivity contribution in [2.24, 2.45) is 23.7 Å². The van der Waals surface area contributed by atoms with Crippen LogP contribution in [0.2, 0.25) is 0 Å². The summed E-state index contributed by atoms with van der Waals surface area (Å²) in [5.74, 6) is -8.66. The molecule has 2 aromatic rings. The molecular weight excluding hydrogens is 528 g/mol. The Bertz CT molecular complexity index is 1240. The van der Waals surface area contributed by atoms with Crippen LogP contribution < -0.4 is 4.90 Å². The number of rotatable bonds is 4. The van der Waals surface area contributed by atoms with E-state index >= 15 is 0 Å². The highest BCUT2D eigenvalue weighted by molar-refractivity contribution is 6.22. The van der Waals surface area contributed by atoms with Gasteiger partial charge in [-0.05, 0) is 43.2 Å². The van der Waals surface area contributed by atoms with Crippen LogP contribution in [0.5, 0.6) is 0 Å². The van der Waals surface area contributed by atoms with Gasteiger partial charge in [-0.1, -0.05) is 0 Å². The molecule has 8 nitrogen and oxygen atoms in total. The molecule has 1 aromatic carbocycles. The maximum absolute atomic E-state index is 13.5. The van der Waals surface area contributed by atoms with Gasteiger partial charge in [0.15, 0.2) is 5.79 Å². The van der Waals surface area contributed by atoms with Crippen LogP contribution in [0.15, 0.2) is 34.7 Å². The number of ether oxygens (including phenoxy) is 1. The minimum absolute atomic E-state index is 0.101. The highest BCUT2D eigenvalue weighted by atomic mass is 19.4. The van der Waals surface area contributed by atoms with Crippen LogP contribution in [-0.2, 0) is 33.3 Å². The molecule has 0 unspecified atom stereocenters. The highest BCUT2D eigenvalue weighted by Gasteiger charge is 2.67. The minimum Gasteiger partial charge on any atom is -0.461 e. The van der Waals surface area contributed by atoms with E-state index in [-0.39, 0.29) is 30.4 Å². The van der Waals surface area contributed by atoms with E-state index in [0.717, 1.165) is 0 Å². The molecule has 6 atom stereocenters. The largest absolute Gasteiger partial charge is 0.461 e. The molecule has 38 heavy (non-hydrogen) atoms. The number of furan rings is 1. The summed E-state index contributed by atoms with van der Waals surface area (Å²) in [5, 5.41) is 30.6. The van der Waals surface area contributed by atoms with Gasteiger partial charge in [-0.2, -0.15) is 26.3 Å². The number of alkyl halides is 6. The third-order valence-corrected chi connectivity index (χ3v) is 7.57. The lowest BCUT2D eigenvalue weighted by molar-refractivity contribution is -0.275. The Morgan fingerprint density at radius 2 is 1.58 bits per heavy atom. The van der Waals surface area contributed by atoms with E-state index in [4.69, 9.17) is 9.15 Å². The molecule has 1 saturated carbocycles. The quantitative estimate of drug-likeness (QED) is 0.395. The second-order valence-corrected chi connectivity index (χ2v) is 9.69. The van der Waals surface area contributed by atoms with Crippen molar-refractivity contribution < 1.29 is 60.4 Å². The first-order valence-electron chi connectivity index (χ1n) is 11.6. The molecule has 2 aliphatic heterocycles. The first-order chi connectivity index (χ1) is 17.7. The molecule has 1 aliphatic carbocycles. The fraction of sp³-hybridized carbons (Fsp3) is 0.500. The van der Waals surface area contributed by atoms with Crippen LogP contribution in [0.1, 0.15) is 41.6 Å². The number of carbonyl (C=O) groups is 2. The van der Waals surface area contributed by atoms with Crippen LogP contribution in [0.4, 0.5) is 32.0 Å². The van der Waals surface area contributed by atoms with Crippen LogP contribution in [0.25, 0.3) is 0 Å². The molecule has 0 radical (unpaired) electrons. The molecule has 2 amide bonds. The summed E-state index contributed by atoms with van der Waals surface area (Å²) in [7, 11) is 0. The summed E-state index contributed by atoms with van der Waals surface area (Å²) in [6, 6.07) is 3.41. The minimum atomic E-state index is -5.19. The smallest absolute Gasteiger partial charge is 0.416 e. The lowest BCUT2D eigenvalue weighted by Crippen LogP contribution is -2.54. The van der Waals surface area contributed by atoms with Crippen molar-refractivity contribution in [1.82, 2.24) is 0 Å². The Morgan fingerprint density at radius 3 is 2.11 bits per heavy atom. The molecule has 5 rings (SSSR count). The van der Waals surface area contributed by atoms with Crippen molar-refractivity contribution in [1.29, 1.82) is 0 Å². The number of hydrogen-bond acceptors (Lipinski definition) is 7. The summed E-state index contributed by atoms with van der Waals surface area (Å²) in [4.78, 5) is 27.1. The summed E-state index contributed by atoms with van der Waals surface area (Å²) >= 11 is 0. The molecule has 3 fully saturated rings. The lowest BCUT2D eigenvalue weighted by atomic mass is 9.64. The fourth-order valence-electron chi connectivity index (χ4n) is 5.84. The first kappa shape index (κ1) is 26.7. The molecular formula is C24H21F6NO7. The van der Waals surface area contributed by atoms with Crippen molar-refractivity contribution in [3.05, 3.63) is 53.0 Å². The number of fused-ring (bicyclic) bond motifs is 3. The normalized spacial score (nSPS) is 31.6. The van der Waals surface area contributed by atoms with E-state index in [1.165, 1.54) is 12.1 Å². The van der Waals surface area contributed by atoms with Crippen molar-refractivity contribution in [3.63, 3.8) is 0 Å². The van der Waals surface area contributed by atoms with Crippen molar-refractivity contribution in [3.8, 4) is 0 Å². The molecule has 3 aliphatic rings. The van der Waals surface area contributed by atoms with E-state index in [1.807, 2.05) is 0 Å². The van der Waals surface area contributed by atoms with Gasteiger partial charge in [-0.15, -0.1) is 0 Å². The monoisotopic (exact) mass is 549 g/mol. The second-order valence-electron chi connectivity index (χ2n) is 9.69. The second kappa shape index (κ2) is 8.79. The van der Waals surface area contributed by atoms with E-state index in [2.05, 4.69) is 0 Å². The summed E-state index contributed by atoms with van der Waals surface area (Å²) in [6.07, 6.45) is -11.7. The Labute approximate surface area is 210 Å². The number of aliphatic hydroxyl groups is 3. The summed E-state index contributed by atoms with van der Waals surface area (Å²) < 4.78 is 91.7. The van der Waals surface area contributed by atoms with Gasteiger partial charge in [0.2, 0.25) is 11.8 Å². The maximum Gasteiger partial charge on any atom is 0.416 e. The Hall–Kier alpha value is -2.94. The molecule has 1 aromatic heterocycles. The van der Waals surface area contributed by atoms with E-state index in [9.17, 15) is 51.3 Å². The predicted octanol–water partition coefficient (Wildman–Crippen LogP) is 3.39. The van der Waals surface area contributed by atoms with Gasteiger partial charge in [-0.25, -0.2) is 0 Å². The predicted molar refractivity (Wildman–Crippen MR) is 113 cm³/mol. The molecule has 206 valence electrons. The molecule has 2 saturated heterocycles. The third kappa shape index (κ3) is 4.10. The van der Waals surface area contributed by atoms with E-state index in [1.54, 1.807) is 0 Å². The number of aliphatic hydroxyl groups excluding tert-OH is 2. The molecule has 3 heterocycles. The van der Waals surface area contributed by atoms with Gasteiger partial charge in [-0.3, -0.25) is 14.5 Å². The Morgan fingerprint density at radius 1 is 0.947 bits per heavy atom. The van der Waals surface area contributed by atoms with Gasteiger partial charge in [0.1, 0.15) is 24.2 Å². The van der Waals surface area contributed by atoms with E-state index in [0.29, 0.717) is 17.0 Å². The number of nitrogens with zero attached hydrogens (tertiary/aromatic N) is 1. The third-order valence-electron chi connectivity index (χ3n) is 7.57. The SMILES string of the molecule is O=C1[C@H]2[C@H](C[C@H](CO)[C@@]3(O)O[C@H](c4ccc(CO)o4)C[C@@H]23)C(=O)N1c1cc(C(F)(F)F)cc(C(F)(F)F)c1. The van der Waals surface area contributed by atoms with Gasteiger partial charge < -0.3 is 24.5 Å². The molecule has 3 N–H and O–H groups in total. The Kier molecular flexibility index (Phi) is 6.17. The average molecular weight is 549 g/mol. The highest BCUT2D eigenvalue weighted by Crippen LogP contribution is 2.58. The topological polar surface area (TPSA) is 120 Å².